The van der Waals surface area contributed by atoms with Gasteiger partial charge in [0.25, 0.3) is 0 Å². The first kappa shape index (κ1) is 32.5. The molecular weight excluding hydrogens is 594 g/mol. The molecule has 3 aromatic rings. The highest BCUT2D eigenvalue weighted by atomic mass is 19.4. The third-order valence-corrected chi connectivity index (χ3v) is 7.63. The average molecular weight is 625 g/mol. The summed E-state index contributed by atoms with van der Waals surface area (Å²) in [6.07, 6.45) is -8.70. The second-order valence-electron chi connectivity index (χ2n) is 10.9. The molecule has 0 radical (unpaired) electrons. The van der Waals surface area contributed by atoms with Gasteiger partial charge in [-0.15, -0.1) is 0 Å². The van der Waals surface area contributed by atoms with Crippen molar-refractivity contribution >= 4 is 12.0 Å². The third kappa shape index (κ3) is 7.56. The van der Waals surface area contributed by atoms with Crippen LogP contribution < -0.4 is 14.8 Å². The monoisotopic (exact) mass is 624 g/mol. The van der Waals surface area contributed by atoms with Gasteiger partial charge in [0.05, 0.1) is 23.3 Å². The number of urea groups is 1. The van der Waals surface area contributed by atoms with Crippen molar-refractivity contribution in [3.05, 3.63) is 95.1 Å². The first-order valence-corrected chi connectivity index (χ1v) is 13.5. The molecule has 2 atom stereocenters. The van der Waals surface area contributed by atoms with Gasteiger partial charge in [0.2, 0.25) is 5.60 Å². The Hall–Kier alpha value is -4.42. The second kappa shape index (κ2) is 12.3. The lowest BCUT2D eigenvalue weighted by Crippen LogP contribution is -2.48. The first-order valence-electron chi connectivity index (χ1n) is 13.5. The van der Waals surface area contributed by atoms with Crippen LogP contribution in [0.25, 0.3) is 0 Å². The second-order valence-corrected chi connectivity index (χ2v) is 10.9. The number of carboxylic acids is 1. The van der Waals surface area contributed by atoms with Crippen molar-refractivity contribution in [2.75, 3.05) is 20.2 Å². The summed E-state index contributed by atoms with van der Waals surface area (Å²) in [4.78, 5) is 26.0. The van der Waals surface area contributed by atoms with Gasteiger partial charge in [0.15, 0.2) is 0 Å². The minimum absolute atomic E-state index is 0.111. The van der Waals surface area contributed by atoms with Crippen LogP contribution in [0.4, 0.5) is 31.1 Å². The fourth-order valence-electron chi connectivity index (χ4n) is 5.05. The molecule has 0 bridgehead atoms. The van der Waals surface area contributed by atoms with Crippen LogP contribution in [0.5, 0.6) is 11.5 Å². The molecule has 2 unspecified atom stereocenters. The lowest BCUT2D eigenvalue weighted by molar-refractivity contribution is -0.153. The number of hydrogen-bond donors (Lipinski definition) is 2. The standard InChI is InChI=1S/C31H30F6N2O5/c1-28(26(40)41,44-25-8-4-6-23(16-25)31(35,36)37)17-21-5-3-7-24(15-21)43-14-13-29(19-38-27(42)39(29)2)18-20-9-11-22(12-10-20)30(32,33)34/h3-12,15-16H,13-14,17-19H2,1-2H3,(H,38,42)(H,40,41). The van der Waals surface area contributed by atoms with Crippen LogP contribution in [-0.4, -0.2) is 53.3 Å². The normalized spacial score (nSPS) is 18.5. The zero-order valence-electron chi connectivity index (χ0n) is 23.8. The molecule has 1 heterocycles. The van der Waals surface area contributed by atoms with Gasteiger partial charge >= 0.3 is 24.4 Å². The van der Waals surface area contributed by atoms with E-state index in [-0.39, 0.29) is 37.8 Å². The molecule has 0 aromatic heterocycles. The van der Waals surface area contributed by atoms with Crippen LogP contribution in [0.2, 0.25) is 0 Å². The van der Waals surface area contributed by atoms with Crippen LogP contribution in [0.15, 0.2) is 72.8 Å². The van der Waals surface area contributed by atoms with Gasteiger partial charge in [-0.1, -0.05) is 30.3 Å². The van der Waals surface area contributed by atoms with Gasteiger partial charge in [-0.3, -0.25) is 0 Å². The Bertz CT molecular complexity index is 1490. The van der Waals surface area contributed by atoms with E-state index in [1.807, 2.05) is 0 Å². The number of rotatable bonds is 11. The van der Waals surface area contributed by atoms with Crippen molar-refractivity contribution in [1.29, 1.82) is 0 Å². The van der Waals surface area contributed by atoms with E-state index in [0.29, 0.717) is 23.3 Å². The number of aliphatic carboxylic acids is 1. The number of alkyl halides is 6. The van der Waals surface area contributed by atoms with Gasteiger partial charge < -0.3 is 24.8 Å². The van der Waals surface area contributed by atoms with Gasteiger partial charge in [-0.2, -0.15) is 26.3 Å². The van der Waals surface area contributed by atoms with E-state index in [2.05, 4.69) is 5.32 Å². The van der Waals surface area contributed by atoms with Crippen molar-refractivity contribution < 1.29 is 50.5 Å². The van der Waals surface area contributed by atoms with Crippen LogP contribution in [-0.2, 0) is 30.0 Å². The smallest absolute Gasteiger partial charge is 0.416 e. The number of halogens is 6. The molecule has 2 N–H and O–H groups in total. The van der Waals surface area contributed by atoms with Crippen molar-refractivity contribution in [2.24, 2.45) is 0 Å². The quantitative estimate of drug-likeness (QED) is 0.235. The van der Waals surface area contributed by atoms with Crippen LogP contribution >= 0.6 is 0 Å². The fraction of sp³-hybridized carbons (Fsp3) is 0.355. The Morgan fingerprint density at radius 1 is 0.909 bits per heavy atom. The highest BCUT2D eigenvalue weighted by Crippen LogP contribution is 2.34. The predicted octanol–water partition coefficient (Wildman–Crippen LogP) is 6.59. The maximum atomic E-state index is 13.1. The maximum Gasteiger partial charge on any atom is 0.416 e. The molecule has 1 saturated heterocycles. The summed E-state index contributed by atoms with van der Waals surface area (Å²) < 4.78 is 89.9. The van der Waals surface area contributed by atoms with E-state index in [1.54, 1.807) is 31.3 Å². The van der Waals surface area contributed by atoms with E-state index >= 15 is 0 Å². The molecule has 0 aliphatic carbocycles. The Kier molecular flexibility index (Phi) is 9.08. The number of benzene rings is 3. The van der Waals surface area contributed by atoms with E-state index in [9.17, 15) is 41.0 Å². The number of likely N-dealkylation sites (N-methyl/N-ethyl adjacent to an activating group) is 1. The number of carbonyl (C=O) groups is 2. The number of amides is 2. The van der Waals surface area contributed by atoms with Crippen molar-refractivity contribution in [3.63, 3.8) is 0 Å². The van der Waals surface area contributed by atoms with Crippen LogP contribution in [0, 0.1) is 0 Å². The minimum atomic E-state index is -4.63. The fourth-order valence-corrected chi connectivity index (χ4v) is 5.05. The topological polar surface area (TPSA) is 88.1 Å². The summed E-state index contributed by atoms with van der Waals surface area (Å²) in [6, 6.07) is 14.9. The summed E-state index contributed by atoms with van der Waals surface area (Å²) in [5.41, 5.74) is -3.35. The number of carboxylic acid groups (broad SMARTS) is 1. The number of nitrogens with one attached hydrogen (secondary N) is 1. The highest BCUT2D eigenvalue weighted by Gasteiger charge is 2.43. The van der Waals surface area contributed by atoms with Gasteiger partial charge in [-0.25, -0.2) is 9.59 Å². The molecular formula is C31H30F6N2O5. The van der Waals surface area contributed by atoms with Gasteiger partial charge in [-0.05, 0) is 66.9 Å². The van der Waals surface area contributed by atoms with Crippen molar-refractivity contribution in [1.82, 2.24) is 10.2 Å². The molecule has 236 valence electrons. The zero-order chi connectivity index (χ0) is 32.3. The van der Waals surface area contributed by atoms with Gasteiger partial charge in [0, 0.05) is 26.4 Å². The minimum Gasteiger partial charge on any atom is -0.493 e. The SMILES string of the molecule is CN1C(=O)NCC1(CCOc1cccc(CC(C)(Oc2cccc(C(F)(F)F)c2)C(=O)O)c1)Cc1ccc(C(F)(F)F)cc1. The molecule has 0 spiro atoms. The number of nitrogens with zero attached hydrogens (tertiary/aromatic N) is 1. The molecule has 1 aliphatic heterocycles. The molecule has 1 fully saturated rings. The van der Waals surface area contributed by atoms with E-state index in [4.69, 9.17) is 9.47 Å². The number of hydrogen-bond acceptors (Lipinski definition) is 4. The summed E-state index contributed by atoms with van der Waals surface area (Å²) >= 11 is 0. The highest BCUT2D eigenvalue weighted by molar-refractivity contribution is 5.78. The third-order valence-electron chi connectivity index (χ3n) is 7.63. The summed E-state index contributed by atoms with van der Waals surface area (Å²) in [5.74, 6) is -1.26. The summed E-state index contributed by atoms with van der Waals surface area (Å²) in [6.45, 7) is 1.62. The molecule has 4 rings (SSSR count). The zero-order valence-corrected chi connectivity index (χ0v) is 23.8. The van der Waals surface area contributed by atoms with Crippen molar-refractivity contribution in [2.45, 2.75) is 49.7 Å². The number of ether oxygens (including phenoxy) is 2. The molecule has 0 saturated carbocycles. The maximum absolute atomic E-state index is 13.1. The number of carbonyl (C=O) groups excluding carboxylic acids is 1. The Labute approximate surface area is 249 Å². The first-order chi connectivity index (χ1) is 20.5. The lowest BCUT2D eigenvalue weighted by Gasteiger charge is -2.35. The molecule has 3 aromatic carbocycles. The molecule has 7 nitrogen and oxygen atoms in total. The molecule has 2 amide bonds. The van der Waals surface area contributed by atoms with Crippen molar-refractivity contribution in [3.8, 4) is 11.5 Å². The Balaban J connectivity index is 1.45. The average Bonchev–Trinajstić information content (AvgIpc) is 3.21. The molecule has 1 aliphatic rings. The Morgan fingerprint density at radius 2 is 1.55 bits per heavy atom. The summed E-state index contributed by atoms with van der Waals surface area (Å²) in [5, 5.41) is 12.7. The van der Waals surface area contributed by atoms with Crippen LogP contribution in [0.3, 0.4) is 0 Å². The van der Waals surface area contributed by atoms with E-state index < -0.39 is 40.6 Å². The molecule has 44 heavy (non-hydrogen) atoms. The lowest BCUT2D eigenvalue weighted by atomic mass is 9.87. The van der Waals surface area contributed by atoms with E-state index in [0.717, 1.165) is 30.3 Å². The largest absolute Gasteiger partial charge is 0.493 e. The van der Waals surface area contributed by atoms with Gasteiger partial charge in [0.1, 0.15) is 11.5 Å². The summed E-state index contributed by atoms with van der Waals surface area (Å²) in [7, 11) is 1.60. The van der Waals surface area contributed by atoms with Crippen LogP contribution in [0.1, 0.15) is 35.6 Å². The Morgan fingerprint density at radius 3 is 2.14 bits per heavy atom. The molecule has 13 heteroatoms. The van der Waals surface area contributed by atoms with E-state index in [1.165, 1.54) is 30.0 Å². The predicted molar refractivity (Wildman–Crippen MR) is 147 cm³/mol.